The minimum Gasteiger partial charge on any atom is -0.351 e. The van der Waals surface area contributed by atoms with Crippen LogP contribution >= 0.6 is 24.0 Å². The summed E-state index contributed by atoms with van der Waals surface area (Å²) in [6.45, 7) is 7.59. The summed E-state index contributed by atoms with van der Waals surface area (Å²) >= 11 is 0. The summed E-state index contributed by atoms with van der Waals surface area (Å²) < 4.78 is 0. The Kier molecular flexibility index (Phi) is 7.08. The van der Waals surface area contributed by atoms with E-state index in [1.165, 1.54) is 37.9 Å². The first-order valence-corrected chi connectivity index (χ1v) is 8.38. The third-order valence-corrected chi connectivity index (χ3v) is 4.86. The van der Waals surface area contributed by atoms with Gasteiger partial charge in [0.1, 0.15) is 0 Å². The molecule has 1 unspecified atom stereocenters. The van der Waals surface area contributed by atoms with Gasteiger partial charge in [-0.3, -0.25) is 14.9 Å². The lowest BCUT2D eigenvalue weighted by Crippen LogP contribution is -2.42. The van der Waals surface area contributed by atoms with Crippen molar-refractivity contribution in [1.29, 1.82) is 0 Å². The van der Waals surface area contributed by atoms with Crippen LogP contribution < -0.4 is 5.32 Å². The van der Waals surface area contributed by atoms with Crippen molar-refractivity contribution in [3.63, 3.8) is 0 Å². The predicted molar refractivity (Wildman–Crippen MR) is 105 cm³/mol. The van der Waals surface area contributed by atoms with E-state index in [1.54, 1.807) is 0 Å². The quantitative estimate of drug-likeness (QED) is 0.455. The molecule has 6 heteroatoms. The zero-order valence-electron chi connectivity index (χ0n) is 14.2. The second-order valence-corrected chi connectivity index (χ2v) is 6.30. The zero-order valence-corrected chi connectivity index (χ0v) is 16.5. The number of aromatic nitrogens is 1. The number of halogens is 1. The monoisotopic (exact) mass is 429 g/mol. The van der Waals surface area contributed by atoms with Crippen molar-refractivity contribution >= 4 is 29.9 Å². The molecule has 2 aliphatic rings. The normalized spacial score (nSPS) is 22.3. The van der Waals surface area contributed by atoms with Crippen molar-refractivity contribution in [3.8, 4) is 0 Å². The van der Waals surface area contributed by atoms with Crippen LogP contribution in [0.15, 0.2) is 23.3 Å². The summed E-state index contributed by atoms with van der Waals surface area (Å²) in [6, 6.07) is 4.79. The van der Waals surface area contributed by atoms with Crippen LogP contribution in [0.3, 0.4) is 0 Å². The van der Waals surface area contributed by atoms with Crippen LogP contribution in [-0.4, -0.2) is 60.0 Å². The first kappa shape index (κ1) is 18.4. The lowest BCUT2D eigenvalue weighted by Gasteiger charge is -2.25. The molecule has 0 amide bonds. The van der Waals surface area contributed by atoms with Crippen LogP contribution in [0.5, 0.6) is 0 Å². The smallest absolute Gasteiger partial charge is 0.194 e. The number of nitrogens with zero attached hydrogens (tertiary/aromatic N) is 4. The van der Waals surface area contributed by atoms with Gasteiger partial charge in [0.05, 0.1) is 12.2 Å². The van der Waals surface area contributed by atoms with Gasteiger partial charge in [0.25, 0.3) is 0 Å². The number of rotatable bonds is 3. The van der Waals surface area contributed by atoms with Crippen LogP contribution in [0.4, 0.5) is 0 Å². The van der Waals surface area contributed by atoms with Crippen molar-refractivity contribution in [2.45, 2.75) is 38.8 Å². The van der Waals surface area contributed by atoms with Gasteiger partial charge in [-0.15, -0.1) is 24.0 Å². The van der Waals surface area contributed by atoms with Crippen LogP contribution in [0.2, 0.25) is 0 Å². The van der Waals surface area contributed by atoms with Crippen molar-refractivity contribution in [2.75, 3.05) is 33.2 Å². The Morgan fingerprint density at radius 3 is 2.83 bits per heavy atom. The van der Waals surface area contributed by atoms with Gasteiger partial charge < -0.3 is 10.2 Å². The Hall–Kier alpha value is -0.890. The van der Waals surface area contributed by atoms with Crippen molar-refractivity contribution in [1.82, 2.24) is 20.1 Å². The molecule has 0 spiro atoms. The number of hydrogen-bond donors (Lipinski definition) is 1. The van der Waals surface area contributed by atoms with E-state index < -0.39 is 0 Å². The second-order valence-electron chi connectivity index (χ2n) is 6.30. The molecule has 2 aliphatic heterocycles. The number of aliphatic imine (C=N–C) groups is 1. The maximum Gasteiger partial charge on any atom is 0.194 e. The molecule has 0 radical (unpaired) electrons. The van der Waals surface area contributed by atoms with Gasteiger partial charge >= 0.3 is 0 Å². The number of pyridine rings is 1. The highest BCUT2D eigenvalue weighted by Gasteiger charge is 2.30. The highest BCUT2D eigenvalue weighted by Crippen LogP contribution is 2.20. The Morgan fingerprint density at radius 1 is 1.35 bits per heavy atom. The molecule has 1 aromatic rings. The number of guanidine groups is 1. The predicted octanol–water partition coefficient (Wildman–Crippen LogP) is 2.25. The lowest BCUT2D eigenvalue weighted by molar-refractivity contribution is 0.249. The molecule has 0 bridgehead atoms. The van der Waals surface area contributed by atoms with Gasteiger partial charge in [-0.25, -0.2) is 0 Å². The SMILES string of the molecule is CN=C(NCc1ncccc1C)N1CCC(N2CCCC2)C1.I. The molecule has 1 aromatic heterocycles. The standard InChI is InChI=1S/C17H27N5.HI/c1-14-6-5-8-19-16(14)12-20-17(18-2)22-11-7-15(13-22)21-9-3-4-10-21;/h5-6,8,15H,3-4,7,9-13H2,1-2H3,(H,18,20);1H. The summed E-state index contributed by atoms with van der Waals surface area (Å²) in [5, 5.41) is 3.47. The fraction of sp³-hybridized carbons (Fsp3) is 0.647. The van der Waals surface area contributed by atoms with Gasteiger partial charge in [-0.2, -0.15) is 0 Å². The molecule has 2 saturated heterocycles. The number of likely N-dealkylation sites (tertiary alicyclic amines) is 2. The van der Waals surface area contributed by atoms with E-state index in [-0.39, 0.29) is 24.0 Å². The number of nitrogens with one attached hydrogen (secondary N) is 1. The fourth-order valence-corrected chi connectivity index (χ4v) is 3.54. The minimum absolute atomic E-state index is 0. The van der Waals surface area contributed by atoms with Gasteiger partial charge in [0.15, 0.2) is 5.96 Å². The van der Waals surface area contributed by atoms with Gasteiger partial charge in [0, 0.05) is 32.4 Å². The van der Waals surface area contributed by atoms with Crippen molar-refractivity contribution in [3.05, 3.63) is 29.6 Å². The van der Waals surface area contributed by atoms with Crippen LogP contribution in [-0.2, 0) is 6.54 Å². The van der Waals surface area contributed by atoms with Crippen LogP contribution in [0, 0.1) is 6.92 Å². The lowest BCUT2D eigenvalue weighted by atomic mass is 10.2. The third kappa shape index (κ3) is 4.56. The summed E-state index contributed by atoms with van der Waals surface area (Å²) in [7, 11) is 1.87. The topological polar surface area (TPSA) is 43.8 Å². The Labute approximate surface area is 156 Å². The van der Waals surface area contributed by atoms with Gasteiger partial charge in [-0.05, 0) is 50.9 Å². The molecule has 0 aliphatic carbocycles. The van der Waals surface area contributed by atoms with E-state index in [9.17, 15) is 0 Å². The Bertz CT molecular complexity index is 527. The van der Waals surface area contributed by atoms with Crippen molar-refractivity contribution in [2.24, 2.45) is 4.99 Å². The maximum absolute atomic E-state index is 4.46. The molecule has 128 valence electrons. The molecule has 1 atom stereocenters. The molecule has 5 nitrogen and oxygen atoms in total. The van der Waals surface area contributed by atoms with E-state index >= 15 is 0 Å². The molecule has 0 aromatic carbocycles. The van der Waals surface area contributed by atoms with E-state index in [1.807, 2.05) is 19.3 Å². The Morgan fingerprint density at radius 2 is 2.13 bits per heavy atom. The highest BCUT2D eigenvalue weighted by molar-refractivity contribution is 14.0. The summed E-state index contributed by atoms with van der Waals surface area (Å²) in [4.78, 5) is 13.9. The van der Waals surface area contributed by atoms with Gasteiger partial charge in [0.2, 0.25) is 0 Å². The molecular formula is C17H28IN5. The molecule has 1 N–H and O–H groups in total. The first-order valence-electron chi connectivity index (χ1n) is 8.38. The molecule has 3 heterocycles. The molecule has 0 saturated carbocycles. The van der Waals surface area contributed by atoms with E-state index in [2.05, 4.69) is 38.1 Å². The van der Waals surface area contributed by atoms with Gasteiger partial charge in [-0.1, -0.05) is 6.07 Å². The number of aryl methyl sites for hydroxylation is 1. The second kappa shape index (κ2) is 8.82. The largest absolute Gasteiger partial charge is 0.351 e. The highest BCUT2D eigenvalue weighted by atomic mass is 127. The first-order chi connectivity index (χ1) is 10.8. The van der Waals surface area contributed by atoms with Crippen LogP contribution in [0.25, 0.3) is 0 Å². The molecule has 23 heavy (non-hydrogen) atoms. The fourth-order valence-electron chi connectivity index (χ4n) is 3.54. The summed E-state index contributed by atoms with van der Waals surface area (Å²) in [5.74, 6) is 1.01. The average Bonchev–Trinajstić information content (AvgIpc) is 3.20. The zero-order chi connectivity index (χ0) is 15.4. The van der Waals surface area contributed by atoms with Crippen LogP contribution in [0.1, 0.15) is 30.5 Å². The van der Waals surface area contributed by atoms with E-state index in [0.717, 1.165) is 31.3 Å². The number of hydrogen-bond acceptors (Lipinski definition) is 3. The van der Waals surface area contributed by atoms with Crippen molar-refractivity contribution < 1.29 is 0 Å². The molecule has 2 fully saturated rings. The van der Waals surface area contributed by atoms with E-state index in [4.69, 9.17) is 0 Å². The molecule has 3 rings (SSSR count). The third-order valence-electron chi connectivity index (χ3n) is 4.86. The summed E-state index contributed by atoms with van der Waals surface area (Å²) in [5.41, 5.74) is 2.32. The van der Waals surface area contributed by atoms with E-state index in [0.29, 0.717) is 6.04 Å². The Balaban J connectivity index is 0.00000192. The maximum atomic E-state index is 4.46. The minimum atomic E-state index is 0. The summed E-state index contributed by atoms with van der Waals surface area (Å²) in [6.07, 6.45) is 5.83. The molecular weight excluding hydrogens is 401 g/mol. The average molecular weight is 429 g/mol.